The SMILES string of the molecule is COC(=O)[C@H](C)O.COCCOc1cnc2cc[nH]c(=O)c2c1.COCCOc1cnc2ccn([C@H](C)C(=O)O)c(=O)c2c1.COCCOc1cnc2ccn([C@H](C)C(=O)OC)c(=O)c2c1.Cl.[2H]CF. The number of nitrogens with one attached hydrogen (secondary N) is 1. The van der Waals surface area contributed by atoms with Crippen molar-refractivity contribution in [3.63, 3.8) is 0 Å². The smallest absolute Gasteiger partial charge is 0.334 e. The van der Waals surface area contributed by atoms with Gasteiger partial charge < -0.3 is 62.2 Å². The number of esters is 2. The number of H-pyrrole nitrogens is 1. The highest BCUT2D eigenvalue weighted by Crippen LogP contribution is 2.18. The van der Waals surface area contributed by atoms with Gasteiger partial charge in [0.2, 0.25) is 0 Å². The average molecular weight is 994 g/mol. The van der Waals surface area contributed by atoms with Crippen LogP contribution in [-0.2, 0) is 38.1 Å². The second kappa shape index (κ2) is 31.8. The fraction of sp³-hybridized carbons (Fsp3) is 0.400. The number of hydrogen-bond donors (Lipinski definition) is 3. The Balaban J connectivity index is 0.000000479. The fourth-order valence-corrected chi connectivity index (χ4v) is 5.43. The number of alkyl halides is 1. The topological polar surface area (TPSA) is 281 Å². The van der Waals surface area contributed by atoms with E-state index < -0.39 is 48.8 Å². The van der Waals surface area contributed by atoms with Gasteiger partial charge in [0.1, 0.15) is 55.3 Å². The number of methoxy groups -OCH3 is 5. The molecule has 69 heavy (non-hydrogen) atoms. The lowest BCUT2D eigenvalue weighted by Crippen LogP contribution is -2.28. The Bertz CT molecular complexity index is 2740. The Morgan fingerprint density at radius 3 is 1.38 bits per heavy atom. The van der Waals surface area contributed by atoms with Gasteiger partial charge in [0.25, 0.3) is 16.7 Å². The summed E-state index contributed by atoms with van der Waals surface area (Å²) in [5.41, 5.74) is 0.794. The maximum atomic E-state index is 12.5. The highest BCUT2D eigenvalue weighted by molar-refractivity contribution is 5.85. The van der Waals surface area contributed by atoms with Crippen LogP contribution in [0.1, 0.15) is 34.2 Å². The normalized spacial score (nSPS) is 11.7. The maximum Gasteiger partial charge on any atom is 0.334 e. The second-order valence-corrected chi connectivity index (χ2v) is 13.6. The van der Waals surface area contributed by atoms with E-state index in [2.05, 4.69) is 29.4 Å². The van der Waals surface area contributed by atoms with Crippen LogP contribution in [0.5, 0.6) is 17.2 Å². The van der Waals surface area contributed by atoms with Crippen molar-refractivity contribution in [2.75, 3.05) is 82.3 Å². The zero-order valence-electron chi connectivity index (χ0n) is 40.2. The summed E-state index contributed by atoms with van der Waals surface area (Å²) in [6.45, 7) is 6.92. The third-order valence-electron chi connectivity index (χ3n) is 9.04. The van der Waals surface area contributed by atoms with E-state index in [0.29, 0.717) is 89.6 Å². The molecule has 3 atom stereocenters. The minimum absolute atomic E-state index is 0. The summed E-state index contributed by atoms with van der Waals surface area (Å²) in [6, 6.07) is 8.23. The van der Waals surface area contributed by atoms with Gasteiger partial charge in [-0.2, -0.15) is 0 Å². The number of pyridine rings is 6. The molecule has 6 aromatic heterocycles. The molecule has 0 spiro atoms. The Morgan fingerprint density at radius 1 is 0.652 bits per heavy atom. The lowest BCUT2D eigenvalue weighted by Gasteiger charge is -2.13. The van der Waals surface area contributed by atoms with E-state index in [4.69, 9.17) is 40.0 Å². The molecule has 0 unspecified atom stereocenters. The molecule has 0 amide bonds. The molecule has 24 heteroatoms. The number of carboxylic acids is 1. The molecule has 6 heterocycles. The monoisotopic (exact) mass is 993 g/mol. The first-order valence-electron chi connectivity index (χ1n) is 21.0. The number of aliphatic hydroxyl groups is 1. The average Bonchev–Trinajstić information content (AvgIpc) is 3.35. The van der Waals surface area contributed by atoms with E-state index in [1.54, 1.807) is 83.2 Å². The van der Waals surface area contributed by atoms with Crippen molar-refractivity contribution < 1.29 is 68.3 Å². The molecule has 0 aliphatic rings. The second-order valence-electron chi connectivity index (χ2n) is 13.6. The summed E-state index contributed by atoms with van der Waals surface area (Å²) in [6.07, 6.45) is 8.20. The summed E-state index contributed by atoms with van der Waals surface area (Å²) in [7, 11) is 6.26. The maximum absolute atomic E-state index is 12.5. The number of ether oxygens (including phenoxy) is 8. The van der Waals surface area contributed by atoms with Gasteiger partial charge >= 0.3 is 17.9 Å². The molecule has 0 radical (unpaired) electrons. The quantitative estimate of drug-likeness (QED) is 0.0867. The van der Waals surface area contributed by atoms with Crippen LogP contribution in [0.2, 0.25) is 0 Å². The van der Waals surface area contributed by atoms with Crippen LogP contribution in [0.15, 0.2) is 88.0 Å². The zero-order valence-corrected chi connectivity index (χ0v) is 40.1. The minimum atomic E-state index is -1.07. The number of aliphatic carboxylic acids is 1. The third-order valence-corrected chi connectivity index (χ3v) is 9.04. The van der Waals surface area contributed by atoms with Crippen LogP contribution < -0.4 is 30.9 Å². The lowest BCUT2D eigenvalue weighted by atomic mass is 10.2. The molecule has 6 rings (SSSR count). The largest absolute Gasteiger partial charge is 0.490 e. The van der Waals surface area contributed by atoms with Crippen molar-refractivity contribution in [3.8, 4) is 17.2 Å². The van der Waals surface area contributed by atoms with E-state index in [0.717, 1.165) is 4.57 Å². The predicted molar refractivity (Wildman–Crippen MR) is 254 cm³/mol. The van der Waals surface area contributed by atoms with Crippen LogP contribution >= 0.6 is 12.4 Å². The number of carbonyl (C=O) groups is 3. The molecule has 0 saturated carbocycles. The molecule has 378 valence electrons. The number of carbonyl (C=O) groups excluding carboxylic acids is 2. The summed E-state index contributed by atoms with van der Waals surface area (Å²) in [5.74, 6) is -0.664. The molecule has 22 nitrogen and oxygen atoms in total. The Hall–Kier alpha value is -7.05. The van der Waals surface area contributed by atoms with Gasteiger partial charge in [-0.15, -0.1) is 12.4 Å². The molecule has 0 aliphatic carbocycles. The van der Waals surface area contributed by atoms with Crippen LogP contribution in [0.3, 0.4) is 0 Å². The van der Waals surface area contributed by atoms with E-state index in [-0.39, 0.29) is 23.5 Å². The molecule has 0 fully saturated rings. The van der Waals surface area contributed by atoms with E-state index in [1.165, 1.54) is 51.2 Å². The highest BCUT2D eigenvalue weighted by atomic mass is 35.5. The summed E-state index contributed by atoms with van der Waals surface area (Å²) in [4.78, 5) is 84.0. The van der Waals surface area contributed by atoms with Crippen molar-refractivity contribution in [3.05, 3.63) is 105 Å². The van der Waals surface area contributed by atoms with Gasteiger partial charge in [-0.1, -0.05) is 0 Å². The number of nitrogens with zero attached hydrogens (tertiary/aromatic N) is 5. The van der Waals surface area contributed by atoms with Crippen molar-refractivity contribution >= 4 is 63.0 Å². The Morgan fingerprint density at radius 2 is 1.03 bits per heavy atom. The van der Waals surface area contributed by atoms with Gasteiger partial charge in [0, 0.05) is 39.9 Å². The van der Waals surface area contributed by atoms with E-state index in [9.17, 15) is 33.2 Å². The number of aliphatic hydroxyl groups excluding tert-OH is 1. The number of fused-ring (bicyclic) bond motifs is 3. The van der Waals surface area contributed by atoms with Crippen molar-refractivity contribution in [1.82, 2.24) is 29.1 Å². The number of hydrogen-bond acceptors (Lipinski definition) is 18. The van der Waals surface area contributed by atoms with Crippen molar-refractivity contribution in [2.45, 2.75) is 39.0 Å². The molecule has 0 bridgehead atoms. The van der Waals surface area contributed by atoms with Crippen molar-refractivity contribution in [1.29, 1.82) is 0 Å². The number of aromatic amines is 1. The summed E-state index contributed by atoms with van der Waals surface area (Å²) >= 11 is 0. The van der Waals surface area contributed by atoms with Crippen LogP contribution in [-0.4, -0.2) is 146 Å². The first-order valence-corrected chi connectivity index (χ1v) is 20.3. The van der Waals surface area contributed by atoms with Crippen LogP contribution in [0.4, 0.5) is 4.39 Å². The molecule has 6 aromatic rings. The highest BCUT2D eigenvalue weighted by Gasteiger charge is 2.19. The molecule has 0 aromatic carbocycles. The molecule has 0 aliphatic heterocycles. The fourth-order valence-electron chi connectivity index (χ4n) is 5.43. The third kappa shape index (κ3) is 18.5. The number of rotatable bonds is 17. The van der Waals surface area contributed by atoms with Crippen LogP contribution in [0, 0.1) is 0 Å². The minimum Gasteiger partial charge on any atom is -0.490 e. The van der Waals surface area contributed by atoms with Gasteiger partial charge in [0.05, 0.1) is 93.9 Å². The molecule has 3 N–H and O–H groups in total. The Kier molecular flexibility index (Phi) is 26.8. The number of halogens is 2. The van der Waals surface area contributed by atoms with Gasteiger partial charge in [-0.05, 0) is 57.2 Å². The van der Waals surface area contributed by atoms with E-state index >= 15 is 0 Å². The standard InChI is InChI=1S/C15H18N2O5.C14H16N2O5.C11H12N2O3.C4H8O3.CH3F.ClH/c1-10(15(19)21-3)17-5-4-13-12(14(17)18)8-11(9-16-13)22-7-6-20-2;1-9(14(18)19)16-4-3-12-11(13(16)17)7-10(8-15-12)21-6-5-20-2;1-15-4-5-16-8-6-9-10(13-7-8)2-3-12-11(9)14;1-3(5)4(6)7-2;1-2;/h4-5,8-10H,6-7H2,1-3H3;3-4,7-9H,5-6H2,1-2H3,(H,18,19);2-3,6-7H,4-5H2,1H3,(H,12,14);3,5H,1-2H3;1H3;1H/t10-;9-;;3-;;/m11.0../s1/i;;;;1D;. The summed E-state index contributed by atoms with van der Waals surface area (Å²) in [5, 5.41) is 18.6. The lowest BCUT2D eigenvalue weighted by molar-refractivity contribution is -0.149. The van der Waals surface area contributed by atoms with E-state index in [1.807, 2.05) is 0 Å². The van der Waals surface area contributed by atoms with Gasteiger partial charge in [0.15, 0.2) is 0 Å². The van der Waals surface area contributed by atoms with Gasteiger partial charge in [-0.3, -0.25) is 33.7 Å². The van der Waals surface area contributed by atoms with Crippen molar-refractivity contribution in [2.24, 2.45) is 0 Å². The van der Waals surface area contributed by atoms with Gasteiger partial charge in [-0.25, -0.2) is 14.4 Å². The zero-order chi connectivity index (χ0) is 51.5. The predicted octanol–water partition coefficient (Wildman–Crippen LogP) is 3.72. The Labute approximate surface area is 402 Å². The number of aromatic nitrogens is 6. The molecular weight excluding hydrogens is 935 g/mol. The first-order chi connectivity index (χ1) is 33.0. The van der Waals surface area contributed by atoms with Crippen LogP contribution in [0.25, 0.3) is 32.7 Å². The first kappa shape index (κ1) is 58.1. The number of carboxylic acid groups (broad SMARTS) is 1. The summed E-state index contributed by atoms with van der Waals surface area (Å²) < 4.78 is 57.6. The molecule has 0 saturated heterocycles. The molecular formula is C45H58ClFN6O16.